The summed E-state index contributed by atoms with van der Waals surface area (Å²) in [6.07, 6.45) is 8.35. The fourth-order valence-electron chi connectivity index (χ4n) is 6.61. The van der Waals surface area contributed by atoms with Gasteiger partial charge >= 0.3 is 26.2 Å². The Labute approximate surface area is 309 Å². The van der Waals surface area contributed by atoms with E-state index in [-0.39, 0.29) is 26.2 Å². The molecule has 2 nitrogen and oxygen atoms in total. The van der Waals surface area contributed by atoms with Gasteiger partial charge < -0.3 is 0 Å². The maximum Gasteiger partial charge on any atom is 2.00 e. The zero-order valence-electron chi connectivity index (χ0n) is 28.2. The van der Waals surface area contributed by atoms with E-state index in [0.717, 1.165) is 24.2 Å². The minimum absolute atomic E-state index is 0. The zero-order valence-corrected chi connectivity index (χ0v) is 30.7. The van der Waals surface area contributed by atoms with Gasteiger partial charge in [0.05, 0.1) is 0 Å². The molecule has 0 atom stereocenters. The van der Waals surface area contributed by atoms with Gasteiger partial charge in [-0.2, -0.15) is 0 Å². The Morgan fingerprint density at radius 2 is 0.898 bits per heavy atom. The fourth-order valence-corrected chi connectivity index (χ4v) is 6.61. The van der Waals surface area contributed by atoms with Crippen LogP contribution in [0, 0.1) is 0 Å². The van der Waals surface area contributed by atoms with Crippen molar-refractivity contribution in [3.05, 3.63) is 169 Å². The fraction of sp³-hybridized carbons (Fsp3) is 0.130. The summed E-state index contributed by atoms with van der Waals surface area (Å²) in [5.74, 6) is 0. The van der Waals surface area contributed by atoms with Crippen LogP contribution in [0.25, 0.3) is 66.3 Å². The standard InChI is InChI=1S/2C23H20N.Zr/c2*1-2-6-17-10-12-18(13-11-17)21-8-5-7-19-15-20(16-22(19)21)23-9-3-4-14-24-23;/h2*3-5,7-16H,2,6H2,1H3;/q2*-1;+2. The molecule has 0 N–H and O–H groups in total. The van der Waals surface area contributed by atoms with Crippen LogP contribution in [0.2, 0.25) is 0 Å². The number of aromatic nitrogens is 2. The Bertz CT molecular complexity index is 2060. The second-order valence-corrected chi connectivity index (χ2v) is 12.4. The third-order valence-corrected chi connectivity index (χ3v) is 9.03. The molecule has 0 fully saturated rings. The van der Waals surface area contributed by atoms with Crippen molar-refractivity contribution in [2.75, 3.05) is 0 Å². The van der Waals surface area contributed by atoms with Gasteiger partial charge in [-0.1, -0.05) is 135 Å². The molecular weight excluding hydrogens is 672 g/mol. The predicted octanol–water partition coefficient (Wildman–Crippen LogP) is 12.5. The molecule has 0 radical (unpaired) electrons. The van der Waals surface area contributed by atoms with Crippen molar-refractivity contribution in [1.29, 1.82) is 0 Å². The van der Waals surface area contributed by atoms with E-state index in [0.29, 0.717) is 0 Å². The second-order valence-electron chi connectivity index (χ2n) is 12.4. The zero-order chi connectivity index (χ0) is 32.7. The summed E-state index contributed by atoms with van der Waals surface area (Å²) in [5, 5.41) is 5.12. The first-order chi connectivity index (χ1) is 23.7. The van der Waals surface area contributed by atoms with Gasteiger partial charge in [-0.15, -0.1) is 69.1 Å². The monoisotopic (exact) mass is 710 g/mol. The topological polar surface area (TPSA) is 25.8 Å². The molecule has 0 amide bonds. The molecule has 0 spiro atoms. The van der Waals surface area contributed by atoms with Gasteiger partial charge in [0.1, 0.15) is 0 Å². The minimum atomic E-state index is 0. The van der Waals surface area contributed by atoms with Gasteiger partial charge in [-0.3, -0.25) is 9.97 Å². The molecule has 0 aliphatic rings. The Morgan fingerprint density at radius 3 is 1.27 bits per heavy atom. The molecule has 0 bridgehead atoms. The van der Waals surface area contributed by atoms with Crippen molar-refractivity contribution in [3.63, 3.8) is 0 Å². The Hall–Kier alpha value is -4.72. The normalized spacial score (nSPS) is 10.8. The third-order valence-electron chi connectivity index (χ3n) is 9.03. The summed E-state index contributed by atoms with van der Waals surface area (Å²) in [7, 11) is 0. The van der Waals surface area contributed by atoms with Crippen LogP contribution < -0.4 is 0 Å². The molecule has 8 rings (SSSR count). The summed E-state index contributed by atoms with van der Waals surface area (Å²) >= 11 is 0. The van der Waals surface area contributed by atoms with Crippen molar-refractivity contribution in [1.82, 2.24) is 9.97 Å². The molecular formula is C46H40N2Zr. The van der Waals surface area contributed by atoms with Crippen LogP contribution in [-0.2, 0) is 39.0 Å². The van der Waals surface area contributed by atoms with Crippen LogP contribution >= 0.6 is 0 Å². The average Bonchev–Trinajstić information content (AvgIpc) is 3.79. The molecule has 2 aromatic heterocycles. The quantitative estimate of drug-likeness (QED) is 0.147. The first-order valence-electron chi connectivity index (χ1n) is 17.1. The molecule has 0 aliphatic carbocycles. The van der Waals surface area contributed by atoms with Crippen LogP contribution in [0.4, 0.5) is 0 Å². The van der Waals surface area contributed by atoms with Crippen molar-refractivity contribution in [2.45, 2.75) is 39.5 Å². The van der Waals surface area contributed by atoms with E-state index < -0.39 is 0 Å². The van der Waals surface area contributed by atoms with Crippen LogP contribution in [0.15, 0.2) is 158 Å². The maximum atomic E-state index is 4.48. The van der Waals surface area contributed by atoms with Gasteiger partial charge in [-0.05, 0) is 47.2 Å². The Kier molecular flexibility index (Phi) is 11.2. The van der Waals surface area contributed by atoms with E-state index in [2.05, 4.69) is 145 Å². The molecule has 6 aromatic carbocycles. The van der Waals surface area contributed by atoms with Gasteiger partial charge in [0.2, 0.25) is 0 Å². The molecule has 0 saturated carbocycles. The molecule has 0 unspecified atom stereocenters. The van der Waals surface area contributed by atoms with E-state index in [4.69, 9.17) is 0 Å². The largest absolute Gasteiger partial charge is 2.00 e. The van der Waals surface area contributed by atoms with E-state index >= 15 is 0 Å². The Morgan fingerprint density at radius 1 is 0.469 bits per heavy atom. The van der Waals surface area contributed by atoms with E-state index in [1.54, 1.807) is 0 Å². The Balaban J connectivity index is 0.000000167. The molecule has 3 heteroatoms. The van der Waals surface area contributed by atoms with Gasteiger partial charge in [0.15, 0.2) is 0 Å². The van der Waals surface area contributed by atoms with Crippen LogP contribution in [0.3, 0.4) is 0 Å². The molecule has 0 aliphatic heterocycles. The van der Waals surface area contributed by atoms with Gasteiger partial charge in [0.25, 0.3) is 0 Å². The number of nitrogens with zero attached hydrogens (tertiary/aromatic N) is 2. The van der Waals surface area contributed by atoms with E-state index in [1.165, 1.54) is 78.9 Å². The van der Waals surface area contributed by atoms with E-state index in [1.807, 2.05) is 36.7 Å². The first-order valence-corrected chi connectivity index (χ1v) is 17.1. The number of hydrogen-bond acceptors (Lipinski definition) is 2. The molecule has 0 saturated heterocycles. The summed E-state index contributed by atoms with van der Waals surface area (Å²) < 4.78 is 0. The van der Waals surface area contributed by atoms with Gasteiger partial charge in [-0.25, -0.2) is 0 Å². The van der Waals surface area contributed by atoms with Crippen molar-refractivity contribution in [3.8, 4) is 44.8 Å². The second kappa shape index (κ2) is 16.1. The summed E-state index contributed by atoms with van der Waals surface area (Å²) in [4.78, 5) is 8.96. The van der Waals surface area contributed by atoms with Crippen LogP contribution in [-0.4, -0.2) is 9.97 Å². The van der Waals surface area contributed by atoms with Crippen molar-refractivity contribution >= 4 is 21.5 Å². The summed E-state index contributed by atoms with van der Waals surface area (Å²) in [5.41, 5.74) is 12.4. The summed E-state index contributed by atoms with van der Waals surface area (Å²) in [6.45, 7) is 4.44. The van der Waals surface area contributed by atoms with Crippen molar-refractivity contribution in [2.24, 2.45) is 0 Å². The van der Waals surface area contributed by atoms with Gasteiger partial charge in [0, 0.05) is 23.8 Å². The first kappa shape index (κ1) is 34.2. The summed E-state index contributed by atoms with van der Waals surface area (Å²) in [6, 6.07) is 52.1. The number of aryl methyl sites for hydroxylation is 2. The number of hydrogen-bond donors (Lipinski definition) is 0. The molecule has 49 heavy (non-hydrogen) atoms. The minimum Gasteiger partial charge on any atom is -0.295 e. The molecule has 2 heterocycles. The number of rotatable bonds is 8. The number of benzene rings is 4. The van der Waals surface area contributed by atoms with Crippen molar-refractivity contribution < 1.29 is 26.2 Å². The molecule has 238 valence electrons. The van der Waals surface area contributed by atoms with Crippen LogP contribution in [0.1, 0.15) is 37.8 Å². The molecule has 8 aromatic rings. The average molecular weight is 712 g/mol. The van der Waals surface area contributed by atoms with E-state index in [9.17, 15) is 0 Å². The van der Waals surface area contributed by atoms with Crippen LogP contribution in [0.5, 0.6) is 0 Å². The number of pyridine rings is 2. The SMILES string of the molecule is CCCc1ccc(-c2cccc3[cH-]c(-c4ccccn4)cc23)cc1.CCCc1ccc(-c2cccc3[cH-]c(-c4ccccn4)cc23)cc1.[Zr+2]. The smallest absolute Gasteiger partial charge is 0.295 e. The predicted molar refractivity (Wildman–Crippen MR) is 204 cm³/mol. The maximum absolute atomic E-state index is 4.48. The third kappa shape index (κ3) is 7.79. The number of fused-ring (bicyclic) bond motifs is 2.